The van der Waals surface area contributed by atoms with Gasteiger partial charge in [0.05, 0.1) is 5.56 Å². The molecule has 0 atom stereocenters. The minimum absolute atomic E-state index is 0.0195. The molecule has 29 heavy (non-hydrogen) atoms. The number of carbonyl (C=O) groups is 1. The molecular formula is C23H22N2O4. The van der Waals surface area contributed by atoms with E-state index in [9.17, 15) is 20.0 Å². The summed E-state index contributed by atoms with van der Waals surface area (Å²) in [5.41, 5.74) is -0.163. The monoisotopic (exact) mass is 390 g/mol. The van der Waals surface area contributed by atoms with Gasteiger partial charge in [-0.05, 0) is 36.6 Å². The van der Waals surface area contributed by atoms with Crippen LogP contribution < -0.4 is 5.56 Å². The number of carbonyl (C=O) groups excluding carboxylic acids is 1. The molecule has 6 nitrogen and oxygen atoms in total. The Morgan fingerprint density at radius 1 is 1.21 bits per heavy atom. The number of benzene rings is 2. The Morgan fingerprint density at radius 3 is 2.66 bits per heavy atom. The maximum absolute atomic E-state index is 13.4. The third-order valence-corrected chi connectivity index (χ3v) is 4.94. The number of rotatable bonds is 7. The van der Waals surface area contributed by atoms with Gasteiger partial charge in [0.2, 0.25) is 5.88 Å². The van der Waals surface area contributed by atoms with Gasteiger partial charge in [0.25, 0.3) is 5.56 Å². The second kappa shape index (κ2) is 8.72. The molecule has 1 aromatic heterocycles. The number of aromatic nitrogens is 1. The van der Waals surface area contributed by atoms with Crippen molar-refractivity contribution >= 4 is 16.6 Å². The van der Waals surface area contributed by atoms with Crippen LogP contribution in [0.5, 0.6) is 5.88 Å². The van der Waals surface area contributed by atoms with Crippen molar-refractivity contribution in [2.75, 3.05) is 13.2 Å². The average Bonchev–Trinajstić information content (AvgIpc) is 2.73. The predicted octanol–water partition coefficient (Wildman–Crippen LogP) is 3.54. The fourth-order valence-corrected chi connectivity index (χ4v) is 3.46. The third-order valence-electron chi connectivity index (χ3n) is 4.94. The Hall–Kier alpha value is -3.43. The lowest BCUT2D eigenvalue weighted by molar-refractivity contribution is 0.103. The van der Waals surface area contributed by atoms with E-state index in [1.54, 1.807) is 12.1 Å². The molecule has 0 amide bonds. The molecule has 0 saturated carbocycles. The van der Waals surface area contributed by atoms with Gasteiger partial charge in [0.1, 0.15) is 11.6 Å². The predicted molar refractivity (Wildman–Crippen MR) is 110 cm³/mol. The van der Waals surface area contributed by atoms with Gasteiger partial charge in [0.15, 0.2) is 5.78 Å². The molecule has 0 spiro atoms. The first-order valence-corrected chi connectivity index (χ1v) is 9.47. The highest BCUT2D eigenvalue weighted by Crippen LogP contribution is 2.28. The lowest BCUT2D eigenvalue weighted by Gasteiger charge is -2.16. The van der Waals surface area contributed by atoms with Gasteiger partial charge in [-0.1, -0.05) is 42.5 Å². The molecule has 6 heteroatoms. The third kappa shape index (κ3) is 3.78. The SMILES string of the molecule is CCOCCCn1c(O)c(C(=O)c2cccc3ccccc23)c(C)c(C#N)c1=O. The van der Waals surface area contributed by atoms with Crippen LogP contribution in [0.4, 0.5) is 0 Å². The van der Waals surface area contributed by atoms with Gasteiger partial charge in [-0.15, -0.1) is 0 Å². The zero-order valence-electron chi connectivity index (χ0n) is 16.4. The molecule has 0 aliphatic heterocycles. The summed E-state index contributed by atoms with van der Waals surface area (Å²) in [4.78, 5) is 26.1. The minimum Gasteiger partial charge on any atom is -0.494 e. The van der Waals surface area contributed by atoms with Gasteiger partial charge >= 0.3 is 0 Å². The van der Waals surface area contributed by atoms with Crippen LogP contribution in [-0.4, -0.2) is 28.7 Å². The Labute approximate surface area is 168 Å². The molecule has 3 aromatic rings. The number of nitrogens with zero attached hydrogens (tertiary/aromatic N) is 2. The van der Waals surface area contributed by atoms with E-state index in [-0.39, 0.29) is 23.2 Å². The van der Waals surface area contributed by atoms with Crippen LogP contribution in [0, 0.1) is 18.3 Å². The Kier molecular flexibility index (Phi) is 6.10. The van der Waals surface area contributed by atoms with E-state index in [1.165, 1.54) is 6.92 Å². The van der Waals surface area contributed by atoms with Crippen molar-refractivity contribution in [1.82, 2.24) is 4.57 Å². The maximum Gasteiger partial charge on any atom is 0.271 e. The number of nitriles is 1. The first-order chi connectivity index (χ1) is 14.0. The molecule has 1 heterocycles. The van der Waals surface area contributed by atoms with E-state index in [1.807, 2.05) is 43.3 Å². The Morgan fingerprint density at radius 2 is 1.93 bits per heavy atom. The van der Waals surface area contributed by atoms with Crippen molar-refractivity contribution in [1.29, 1.82) is 5.26 Å². The molecule has 0 aliphatic rings. The van der Waals surface area contributed by atoms with Gasteiger partial charge in [-0.2, -0.15) is 5.26 Å². The van der Waals surface area contributed by atoms with Crippen LogP contribution in [0.15, 0.2) is 47.3 Å². The summed E-state index contributed by atoms with van der Waals surface area (Å²) in [6.45, 7) is 4.48. The summed E-state index contributed by atoms with van der Waals surface area (Å²) in [6.07, 6.45) is 0.469. The molecule has 0 radical (unpaired) electrons. The Bertz CT molecular complexity index is 1170. The van der Waals surface area contributed by atoms with Crippen molar-refractivity contribution in [3.63, 3.8) is 0 Å². The highest BCUT2D eigenvalue weighted by molar-refractivity contribution is 6.18. The number of ether oxygens (including phenoxy) is 1. The van der Waals surface area contributed by atoms with E-state index in [0.29, 0.717) is 25.2 Å². The summed E-state index contributed by atoms with van der Waals surface area (Å²) in [6, 6.07) is 14.7. The lowest BCUT2D eigenvalue weighted by atomic mass is 9.94. The summed E-state index contributed by atoms with van der Waals surface area (Å²) in [5.74, 6) is -0.840. The second-order valence-corrected chi connectivity index (χ2v) is 6.67. The molecule has 3 rings (SSSR count). The van der Waals surface area contributed by atoms with Crippen molar-refractivity contribution in [2.24, 2.45) is 0 Å². The van der Waals surface area contributed by atoms with Crippen LogP contribution in [0.25, 0.3) is 10.8 Å². The van der Waals surface area contributed by atoms with Gasteiger partial charge < -0.3 is 9.84 Å². The molecular weight excluding hydrogens is 368 g/mol. The van der Waals surface area contributed by atoms with Crippen LogP contribution in [0.2, 0.25) is 0 Å². The van der Waals surface area contributed by atoms with Crippen LogP contribution in [0.1, 0.15) is 40.4 Å². The van der Waals surface area contributed by atoms with Gasteiger partial charge in [0, 0.05) is 25.3 Å². The van der Waals surface area contributed by atoms with Crippen LogP contribution >= 0.6 is 0 Å². The second-order valence-electron chi connectivity index (χ2n) is 6.67. The van der Waals surface area contributed by atoms with Crippen molar-refractivity contribution in [2.45, 2.75) is 26.8 Å². The molecule has 0 bridgehead atoms. The normalized spacial score (nSPS) is 10.8. The van der Waals surface area contributed by atoms with Crippen molar-refractivity contribution in [3.05, 3.63) is 75.1 Å². The number of pyridine rings is 1. The first-order valence-electron chi connectivity index (χ1n) is 9.47. The fraction of sp³-hybridized carbons (Fsp3) is 0.261. The molecule has 0 saturated heterocycles. The standard InChI is InChI=1S/C23H22N2O4/c1-3-29-13-7-12-25-22(27)19(14-24)15(2)20(23(25)28)21(26)18-11-6-9-16-8-4-5-10-17(16)18/h4-6,8-11,28H,3,7,12-13H2,1-2H3. The van der Waals surface area contributed by atoms with E-state index < -0.39 is 17.2 Å². The molecule has 0 fully saturated rings. The largest absolute Gasteiger partial charge is 0.494 e. The molecule has 2 aromatic carbocycles. The fourth-order valence-electron chi connectivity index (χ4n) is 3.46. The number of hydrogen-bond acceptors (Lipinski definition) is 5. The summed E-state index contributed by atoms with van der Waals surface area (Å²) in [7, 11) is 0. The van der Waals surface area contributed by atoms with E-state index in [2.05, 4.69) is 0 Å². The quantitative estimate of drug-likeness (QED) is 0.492. The highest BCUT2D eigenvalue weighted by Gasteiger charge is 2.25. The summed E-state index contributed by atoms with van der Waals surface area (Å²) >= 11 is 0. The molecule has 0 unspecified atom stereocenters. The van der Waals surface area contributed by atoms with Crippen LogP contribution in [0.3, 0.4) is 0 Å². The lowest BCUT2D eigenvalue weighted by Crippen LogP contribution is -2.27. The number of ketones is 1. The topological polar surface area (TPSA) is 92.3 Å². The van der Waals surface area contributed by atoms with Crippen LogP contribution in [-0.2, 0) is 11.3 Å². The van der Waals surface area contributed by atoms with Gasteiger partial charge in [-0.3, -0.25) is 14.2 Å². The highest BCUT2D eigenvalue weighted by atomic mass is 16.5. The zero-order valence-corrected chi connectivity index (χ0v) is 16.4. The van der Waals surface area contributed by atoms with Crippen molar-refractivity contribution < 1.29 is 14.6 Å². The number of aromatic hydroxyl groups is 1. The van der Waals surface area contributed by atoms with Gasteiger partial charge in [-0.25, -0.2) is 0 Å². The zero-order chi connectivity index (χ0) is 21.0. The van der Waals surface area contributed by atoms with E-state index >= 15 is 0 Å². The smallest absolute Gasteiger partial charge is 0.271 e. The van der Waals surface area contributed by atoms with E-state index in [4.69, 9.17) is 4.74 Å². The van der Waals surface area contributed by atoms with E-state index in [0.717, 1.165) is 15.3 Å². The summed E-state index contributed by atoms with van der Waals surface area (Å²) in [5, 5.41) is 21.9. The number of fused-ring (bicyclic) bond motifs is 1. The van der Waals surface area contributed by atoms with Crippen molar-refractivity contribution in [3.8, 4) is 11.9 Å². The molecule has 1 N–H and O–H groups in total. The summed E-state index contributed by atoms with van der Waals surface area (Å²) < 4.78 is 6.37. The number of hydrogen-bond donors (Lipinski definition) is 1. The molecule has 0 aliphatic carbocycles. The Balaban J connectivity index is 2.16. The maximum atomic E-state index is 13.4. The average molecular weight is 390 g/mol. The minimum atomic E-state index is -0.603. The molecule has 148 valence electrons. The first kappa shape index (κ1) is 20.3.